The Kier molecular flexibility index (Phi) is 6.08. The molecule has 1 aliphatic carbocycles. The molecule has 6 heteroatoms. The first-order chi connectivity index (χ1) is 10.5. The number of hydrogen-bond donors (Lipinski definition) is 2. The van der Waals surface area contributed by atoms with Gasteiger partial charge < -0.3 is 16.0 Å². The molecule has 1 aromatic carbocycles. The monoisotopic (exact) mass is 325 g/mol. The number of nitrogen functional groups attached to an aromatic ring is 1. The van der Waals surface area contributed by atoms with Crippen LogP contribution in [-0.4, -0.2) is 41.9 Å². The fourth-order valence-electron chi connectivity index (χ4n) is 2.84. The average Bonchev–Trinajstić information content (AvgIpc) is 2.97. The third kappa shape index (κ3) is 4.61. The van der Waals surface area contributed by atoms with Crippen molar-refractivity contribution in [2.24, 2.45) is 0 Å². The number of benzene rings is 1. The van der Waals surface area contributed by atoms with Crippen molar-refractivity contribution in [1.82, 2.24) is 4.90 Å². The van der Waals surface area contributed by atoms with E-state index in [1.54, 1.807) is 0 Å². The van der Waals surface area contributed by atoms with E-state index >= 15 is 0 Å². The smallest absolute Gasteiger partial charge is 0.225 e. The molecule has 1 aliphatic rings. The van der Waals surface area contributed by atoms with Crippen LogP contribution in [-0.2, 0) is 4.79 Å². The van der Waals surface area contributed by atoms with Gasteiger partial charge in [0.1, 0.15) is 5.82 Å². The van der Waals surface area contributed by atoms with Gasteiger partial charge in [-0.2, -0.15) is 11.8 Å². The highest BCUT2D eigenvalue weighted by molar-refractivity contribution is 7.99. The van der Waals surface area contributed by atoms with Crippen LogP contribution in [0.15, 0.2) is 18.2 Å². The number of thioether (sulfide) groups is 1. The number of carbonyl (C=O) groups is 1. The number of nitrogens with one attached hydrogen (secondary N) is 1. The Labute approximate surface area is 135 Å². The summed E-state index contributed by atoms with van der Waals surface area (Å²) in [5.41, 5.74) is 6.19. The van der Waals surface area contributed by atoms with Crippen molar-refractivity contribution in [2.75, 3.05) is 30.9 Å². The molecule has 3 N–H and O–H groups in total. The summed E-state index contributed by atoms with van der Waals surface area (Å²) >= 11 is 1.92. The van der Waals surface area contributed by atoms with Crippen molar-refractivity contribution >= 4 is 29.0 Å². The quantitative estimate of drug-likeness (QED) is 0.790. The number of amides is 1. The lowest BCUT2D eigenvalue weighted by Crippen LogP contribution is -2.32. The van der Waals surface area contributed by atoms with Gasteiger partial charge in [-0.1, -0.05) is 0 Å². The van der Waals surface area contributed by atoms with Crippen LogP contribution in [0.1, 0.15) is 25.7 Å². The van der Waals surface area contributed by atoms with E-state index in [0.29, 0.717) is 24.7 Å². The molecule has 0 aromatic heterocycles. The van der Waals surface area contributed by atoms with Gasteiger partial charge in [-0.25, -0.2) is 4.39 Å². The maximum atomic E-state index is 13.6. The second kappa shape index (κ2) is 7.83. The Balaban J connectivity index is 1.79. The van der Waals surface area contributed by atoms with Gasteiger partial charge >= 0.3 is 0 Å². The summed E-state index contributed by atoms with van der Waals surface area (Å²) in [6.07, 6.45) is 6.12. The lowest BCUT2D eigenvalue weighted by atomic mass is 10.2. The second-order valence-corrected chi connectivity index (χ2v) is 6.98. The summed E-state index contributed by atoms with van der Waals surface area (Å²) in [6.45, 7) is 0.682. The van der Waals surface area contributed by atoms with Gasteiger partial charge in [-0.3, -0.25) is 4.79 Å². The van der Waals surface area contributed by atoms with Crippen molar-refractivity contribution in [3.05, 3.63) is 24.0 Å². The first-order valence-electron chi connectivity index (χ1n) is 7.57. The second-order valence-electron chi connectivity index (χ2n) is 5.84. The molecule has 0 bridgehead atoms. The summed E-state index contributed by atoms with van der Waals surface area (Å²) < 4.78 is 13.6. The van der Waals surface area contributed by atoms with Crippen LogP contribution in [0.2, 0.25) is 0 Å². The highest BCUT2D eigenvalue weighted by Gasteiger charge is 2.26. The van der Waals surface area contributed by atoms with Crippen LogP contribution in [0.25, 0.3) is 0 Å². The largest absolute Gasteiger partial charge is 0.399 e. The van der Waals surface area contributed by atoms with Gasteiger partial charge in [-0.15, -0.1) is 0 Å². The maximum absolute atomic E-state index is 13.6. The first kappa shape index (κ1) is 17.1. The third-order valence-corrected chi connectivity index (χ3v) is 5.36. The lowest BCUT2D eigenvalue weighted by Gasteiger charge is -2.24. The number of hydrogen-bond acceptors (Lipinski definition) is 4. The summed E-state index contributed by atoms with van der Waals surface area (Å²) in [5.74, 6) is -0.648. The molecule has 0 radical (unpaired) electrons. The normalized spacial score (nSPS) is 21.3. The zero-order chi connectivity index (χ0) is 16.1. The van der Waals surface area contributed by atoms with Crippen molar-refractivity contribution in [3.8, 4) is 0 Å². The van der Waals surface area contributed by atoms with Gasteiger partial charge in [0.05, 0.1) is 5.69 Å². The summed E-state index contributed by atoms with van der Waals surface area (Å²) in [7, 11) is 2.06. The molecule has 0 spiro atoms. The SMILES string of the molecule is CS[C@H]1CC[C@H](N(C)CCC(=O)Nc2cc(N)ccc2F)C1. The summed E-state index contributed by atoms with van der Waals surface area (Å²) in [4.78, 5) is 14.2. The van der Waals surface area contributed by atoms with E-state index in [9.17, 15) is 9.18 Å². The molecular weight excluding hydrogens is 301 g/mol. The zero-order valence-electron chi connectivity index (χ0n) is 13.1. The Morgan fingerprint density at radius 1 is 1.50 bits per heavy atom. The summed E-state index contributed by atoms with van der Waals surface area (Å²) in [6, 6.07) is 4.73. The predicted molar refractivity (Wildman–Crippen MR) is 91.6 cm³/mol. The molecule has 4 nitrogen and oxygen atoms in total. The minimum absolute atomic E-state index is 0.149. The number of halogens is 1. The topological polar surface area (TPSA) is 58.4 Å². The first-order valence-corrected chi connectivity index (χ1v) is 8.86. The molecule has 1 saturated carbocycles. The van der Waals surface area contributed by atoms with Gasteiger partial charge in [-0.05, 0) is 50.8 Å². The van der Waals surface area contributed by atoms with E-state index in [1.807, 2.05) is 11.8 Å². The predicted octanol–water partition coefficient (Wildman–Crippen LogP) is 2.95. The molecule has 122 valence electrons. The Hall–Kier alpha value is -1.27. The van der Waals surface area contributed by atoms with Crippen LogP contribution in [0.4, 0.5) is 15.8 Å². The van der Waals surface area contributed by atoms with Crippen molar-refractivity contribution < 1.29 is 9.18 Å². The van der Waals surface area contributed by atoms with Crippen LogP contribution in [0.5, 0.6) is 0 Å². The average molecular weight is 325 g/mol. The molecule has 0 unspecified atom stereocenters. The molecule has 1 aromatic rings. The van der Waals surface area contributed by atoms with Gasteiger partial charge in [0, 0.05) is 29.9 Å². The van der Waals surface area contributed by atoms with Crippen LogP contribution < -0.4 is 11.1 Å². The molecule has 1 fully saturated rings. The molecule has 22 heavy (non-hydrogen) atoms. The molecule has 0 aliphatic heterocycles. The third-order valence-electron chi connectivity index (χ3n) is 4.27. The number of anilines is 2. The van der Waals surface area contributed by atoms with Crippen molar-refractivity contribution in [3.63, 3.8) is 0 Å². The van der Waals surface area contributed by atoms with Crippen LogP contribution >= 0.6 is 11.8 Å². The van der Waals surface area contributed by atoms with E-state index in [-0.39, 0.29) is 11.6 Å². The standard InChI is InChI=1S/C16H24FN3OS/c1-20(12-4-5-13(10-12)22-2)8-7-16(21)19-15-9-11(18)3-6-14(15)17/h3,6,9,12-13H,4-5,7-8,10,18H2,1-2H3,(H,19,21)/t12-,13-/m0/s1. The summed E-state index contributed by atoms with van der Waals surface area (Å²) in [5, 5.41) is 3.33. The van der Waals surface area contributed by atoms with Gasteiger partial charge in [0.25, 0.3) is 0 Å². The molecule has 0 heterocycles. The molecule has 0 saturated heterocycles. The highest BCUT2D eigenvalue weighted by Crippen LogP contribution is 2.30. The number of nitrogens with zero attached hydrogens (tertiary/aromatic N) is 1. The van der Waals surface area contributed by atoms with Gasteiger partial charge in [0.15, 0.2) is 0 Å². The molecule has 1 amide bonds. The minimum Gasteiger partial charge on any atom is -0.399 e. The lowest BCUT2D eigenvalue weighted by molar-refractivity contribution is -0.116. The number of rotatable bonds is 6. The Bertz CT molecular complexity index is 526. The molecule has 2 atom stereocenters. The van der Waals surface area contributed by atoms with Crippen molar-refractivity contribution in [2.45, 2.75) is 37.0 Å². The number of carbonyl (C=O) groups excluding carboxylic acids is 1. The zero-order valence-corrected chi connectivity index (χ0v) is 14.0. The maximum Gasteiger partial charge on any atom is 0.225 e. The van der Waals surface area contributed by atoms with Crippen LogP contribution in [0, 0.1) is 5.82 Å². The fourth-order valence-corrected chi connectivity index (χ4v) is 3.63. The van der Waals surface area contributed by atoms with Crippen LogP contribution in [0.3, 0.4) is 0 Å². The van der Waals surface area contributed by atoms with E-state index in [0.717, 1.165) is 5.25 Å². The van der Waals surface area contributed by atoms with E-state index < -0.39 is 5.82 Å². The van der Waals surface area contributed by atoms with Gasteiger partial charge in [0.2, 0.25) is 5.91 Å². The van der Waals surface area contributed by atoms with E-state index in [2.05, 4.69) is 23.5 Å². The Morgan fingerprint density at radius 3 is 2.95 bits per heavy atom. The van der Waals surface area contributed by atoms with E-state index in [4.69, 9.17) is 5.73 Å². The Morgan fingerprint density at radius 2 is 2.27 bits per heavy atom. The molecule has 2 rings (SSSR count). The van der Waals surface area contributed by atoms with E-state index in [1.165, 1.54) is 37.5 Å². The molecular formula is C16H24FN3OS. The minimum atomic E-state index is -0.463. The van der Waals surface area contributed by atoms with Crippen molar-refractivity contribution in [1.29, 1.82) is 0 Å². The fraction of sp³-hybridized carbons (Fsp3) is 0.562. The highest BCUT2D eigenvalue weighted by atomic mass is 32.2. The number of nitrogens with two attached hydrogens (primary N) is 1.